The van der Waals surface area contributed by atoms with Crippen molar-refractivity contribution < 1.29 is 9.52 Å². The first kappa shape index (κ1) is 11.9. The molecule has 0 unspecified atom stereocenters. The highest BCUT2D eigenvalue weighted by Crippen LogP contribution is 2.27. The number of furan rings is 1. The number of phenols is 1. The molecule has 1 N–H and O–H groups in total. The van der Waals surface area contributed by atoms with E-state index in [4.69, 9.17) is 9.68 Å². The van der Waals surface area contributed by atoms with Crippen LogP contribution in [-0.4, -0.2) is 11.3 Å². The number of nitriles is 1. The maximum atomic E-state index is 9.32. The Labute approximate surface area is 105 Å². The molecule has 0 radical (unpaired) electrons. The third kappa shape index (κ3) is 2.25. The Kier molecular flexibility index (Phi) is 3.16. The van der Waals surface area contributed by atoms with Crippen molar-refractivity contribution >= 4 is 12.1 Å². The van der Waals surface area contributed by atoms with Crippen molar-refractivity contribution in [2.45, 2.75) is 13.8 Å². The summed E-state index contributed by atoms with van der Waals surface area (Å²) in [5, 5.41) is 18.4. The number of hydrogen-bond donors (Lipinski definition) is 1. The second-order valence-electron chi connectivity index (χ2n) is 3.93. The van der Waals surface area contributed by atoms with Crippen LogP contribution in [0.3, 0.4) is 0 Å². The number of rotatable bonds is 2. The quantitative estimate of drug-likeness (QED) is 0.819. The van der Waals surface area contributed by atoms with Gasteiger partial charge in [0, 0.05) is 11.8 Å². The zero-order valence-electron chi connectivity index (χ0n) is 10.1. The second-order valence-corrected chi connectivity index (χ2v) is 3.93. The maximum absolute atomic E-state index is 9.32. The molecule has 0 aliphatic carbocycles. The van der Waals surface area contributed by atoms with Crippen molar-refractivity contribution in [3.05, 3.63) is 46.7 Å². The number of aromatic hydroxyl groups is 1. The highest BCUT2D eigenvalue weighted by Gasteiger charge is 2.12. The van der Waals surface area contributed by atoms with Crippen LogP contribution < -0.4 is 0 Å². The van der Waals surface area contributed by atoms with Crippen molar-refractivity contribution in [1.29, 1.82) is 5.26 Å². The molecule has 0 aliphatic rings. The standard InChI is InChI=1S/C14H12N2O2/c1-9-10(2)18-14(13(9)7-15)16-8-11-4-3-5-12(17)6-11/h3-6,8,17H,1-2H3. The molecule has 0 bridgehead atoms. The molecular formula is C14H12N2O2. The van der Waals surface area contributed by atoms with Crippen LogP contribution in [0.25, 0.3) is 0 Å². The summed E-state index contributed by atoms with van der Waals surface area (Å²) in [4.78, 5) is 4.14. The van der Waals surface area contributed by atoms with E-state index in [0.29, 0.717) is 17.2 Å². The van der Waals surface area contributed by atoms with E-state index in [1.807, 2.05) is 6.92 Å². The van der Waals surface area contributed by atoms with Crippen molar-refractivity contribution in [3.63, 3.8) is 0 Å². The molecule has 4 nitrogen and oxygen atoms in total. The van der Waals surface area contributed by atoms with Gasteiger partial charge in [-0.25, -0.2) is 4.99 Å². The lowest BCUT2D eigenvalue weighted by Gasteiger charge is -1.93. The Hall–Kier alpha value is -2.54. The van der Waals surface area contributed by atoms with E-state index < -0.39 is 0 Å². The van der Waals surface area contributed by atoms with Gasteiger partial charge in [-0.05, 0) is 31.5 Å². The van der Waals surface area contributed by atoms with Gasteiger partial charge in [0.1, 0.15) is 23.1 Å². The molecule has 0 aliphatic heterocycles. The number of nitrogens with zero attached hydrogens (tertiary/aromatic N) is 2. The number of hydrogen-bond acceptors (Lipinski definition) is 4. The van der Waals surface area contributed by atoms with Crippen molar-refractivity contribution in [1.82, 2.24) is 0 Å². The summed E-state index contributed by atoms with van der Waals surface area (Å²) >= 11 is 0. The average Bonchev–Trinajstić information content (AvgIpc) is 2.62. The SMILES string of the molecule is Cc1oc(N=Cc2cccc(O)c2)c(C#N)c1C. The van der Waals surface area contributed by atoms with Gasteiger partial charge in [0.15, 0.2) is 0 Å². The Balaban J connectivity index is 2.35. The average molecular weight is 240 g/mol. The lowest BCUT2D eigenvalue weighted by Crippen LogP contribution is -1.80. The molecule has 4 heteroatoms. The highest BCUT2D eigenvalue weighted by molar-refractivity contribution is 5.82. The first-order valence-electron chi connectivity index (χ1n) is 5.45. The van der Waals surface area contributed by atoms with Crippen LogP contribution in [0.1, 0.15) is 22.5 Å². The summed E-state index contributed by atoms with van der Waals surface area (Å²) in [6.45, 7) is 3.62. The van der Waals surface area contributed by atoms with E-state index in [0.717, 1.165) is 11.1 Å². The molecular weight excluding hydrogens is 228 g/mol. The zero-order valence-corrected chi connectivity index (χ0v) is 10.1. The summed E-state index contributed by atoms with van der Waals surface area (Å²) in [6, 6.07) is 8.77. The fourth-order valence-electron chi connectivity index (χ4n) is 1.57. The predicted octanol–water partition coefficient (Wildman–Crippen LogP) is 3.22. The van der Waals surface area contributed by atoms with Gasteiger partial charge in [0.2, 0.25) is 5.88 Å². The van der Waals surface area contributed by atoms with Crippen molar-refractivity contribution in [3.8, 4) is 11.8 Å². The predicted molar refractivity (Wildman–Crippen MR) is 68.3 cm³/mol. The van der Waals surface area contributed by atoms with Crippen LogP contribution in [0, 0.1) is 25.2 Å². The molecule has 1 heterocycles. The molecule has 90 valence electrons. The van der Waals surface area contributed by atoms with Gasteiger partial charge in [-0.15, -0.1) is 0 Å². The first-order valence-corrected chi connectivity index (χ1v) is 5.45. The molecule has 0 spiro atoms. The molecule has 0 amide bonds. The molecule has 0 saturated carbocycles. The van der Waals surface area contributed by atoms with Crippen molar-refractivity contribution in [2.75, 3.05) is 0 Å². The minimum absolute atomic E-state index is 0.172. The Morgan fingerprint density at radius 1 is 1.39 bits per heavy atom. The van der Waals surface area contributed by atoms with Gasteiger partial charge in [-0.3, -0.25) is 0 Å². The number of benzene rings is 1. The van der Waals surface area contributed by atoms with E-state index in [9.17, 15) is 5.11 Å². The Morgan fingerprint density at radius 3 is 2.83 bits per heavy atom. The van der Waals surface area contributed by atoms with Gasteiger partial charge in [0.25, 0.3) is 0 Å². The Bertz CT molecular complexity index is 648. The van der Waals surface area contributed by atoms with Crippen LogP contribution in [0.2, 0.25) is 0 Å². The monoisotopic (exact) mass is 240 g/mol. The minimum Gasteiger partial charge on any atom is -0.508 e. The van der Waals surface area contributed by atoms with E-state index in [1.165, 1.54) is 0 Å². The topological polar surface area (TPSA) is 69.5 Å². The van der Waals surface area contributed by atoms with Gasteiger partial charge in [0.05, 0.1) is 0 Å². The summed E-state index contributed by atoms with van der Waals surface area (Å²) in [5.41, 5.74) is 2.00. The highest BCUT2D eigenvalue weighted by atomic mass is 16.4. The van der Waals surface area contributed by atoms with Crippen molar-refractivity contribution in [2.24, 2.45) is 4.99 Å². The molecule has 1 aromatic carbocycles. The van der Waals surface area contributed by atoms with Gasteiger partial charge in [-0.2, -0.15) is 5.26 Å². The van der Waals surface area contributed by atoms with E-state index in [1.54, 1.807) is 37.4 Å². The zero-order chi connectivity index (χ0) is 13.1. The van der Waals surface area contributed by atoms with Gasteiger partial charge < -0.3 is 9.52 Å². The van der Waals surface area contributed by atoms with Crippen LogP contribution in [0.5, 0.6) is 5.75 Å². The molecule has 2 aromatic rings. The van der Waals surface area contributed by atoms with E-state index >= 15 is 0 Å². The van der Waals surface area contributed by atoms with Crippen LogP contribution in [0.4, 0.5) is 5.88 Å². The molecule has 0 atom stereocenters. The van der Waals surface area contributed by atoms with Gasteiger partial charge in [-0.1, -0.05) is 12.1 Å². The van der Waals surface area contributed by atoms with Crippen LogP contribution >= 0.6 is 0 Å². The maximum Gasteiger partial charge on any atom is 0.237 e. The fourth-order valence-corrected chi connectivity index (χ4v) is 1.57. The third-order valence-electron chi connectivity index (χ3n) is 2.68. The summed E-state index contributed by atoms with van der Waals surface area (Å²) in [6.07, 6.45) is 1.55. The molecule has 2 rings (SSSR count). The number of aryl methyl sites for hydroxylation is 1. The molecule has 1 aromatic heterocycles. The normalized spacial score (nSPS) is 10.7. The number of aliphatic imine (C=N–C) groups is 1. The second kappa shape index (κ2) is 4.76. The molecule has 0 saturated heterocycles. The van der Waals surface area contributed by atoms with Crippen LogP contribution in [0.15, 0.2) is 33.7 Å². The molecule has 18 heavy (non-hydrogen) atoms. The first-order chi connectivity index (χ1) is 8.61. The smallest absolute Gasteiger partial charge is 0.237 e. The van der Waals surface area contributed by atoms with E-state index in [2.05, 4.69) is 11.1 Å². The summed E-state index contributed by atoms with van der Waals surface area (Å²) in [5.74, 6) is 1.16. The lowest BCUT2D eigenvalue weighted by atomic mass is 10.2. The Morgan fingerprint density at radius 2 is 2.17 bits per heavy atom. The fraction of sp³-hybridized carbons (Fsp3) is 0.143. The molecule has 0 fully saturated rings. The largest absolute Gasteiger partial charge is 0.508 e. The summed E-state index contributed by atoms with van der Waals surface area (Å²) < 4.78 is 5.41. The third-order valence-corrected chi connectivity index (χ3v) is 2.68. The lowest BCUT2D eigenvalue weighted by molar-refractivity contribution is 0.475. The summed E-state index contributed by atoms with van der Waals surface area (Å²) in [7, 11) is 0. The van der Waals surface area contributed by atoms with Gasteiger partial charge >= 0.3 is 0 Å². The minimum atomic E-state index is 0.172. The van der Waals surface area contributed by atoms with Crippen LogP contribution in [-0.2, 0) is 0 Å². The van der Waals surface area contributed by atoms with E-state index in [-0.39, 0.29) is 5.75 Å². The number of phenolic OH excluding ortho intramolecular Hbond substituents is 1.